The molecule has 2 heterocycles. The van der Waals surface area contributed by atoms with Crippen LogP contribution in [0.25, 0.3) is 16.8 Å². The van der Waals surface area contributed by atoms with Crippen LogP contribution < -0.4 is 9.47 Å². The lowest BCUT2D eigenvalue weighted by atomic mass is 10.00. The largest absolute Gasteiger partial charge is 0.490 e. The molecule has 0 unspecified atom stereocenters. The van der Waals surface area contributed by atoms with Gasteiger partial charge in [-0.05, 0) is 82.8 Å². The molecule has 0 spiro atoms. The number of carbonyl (C=O) groups is 3. The monoisotopic (exact) mass is 618 g/mol. The molecule has 0 aromatic heterocycles. The number of amides is 3. The van der Waals surface area contributed by atoms with Crippen molar-refractivity contribution in [3.63, 3.8) is 0 Å². The van der Waals surface area contributed by atoms with E-state index in [1.807, 2.05) is 55.5 Å². The third-order valence-corrected chi connectivity index (χ3v) is 8.93. The van der Waals surface area contributed by atoms with Gasteiger partial charge in [0, 0.05) is 18.7 Å². The molecule has 2 aliphatic heterocycles. The quantitative estimate of drug-likeness (QED) is 0.139. The number of carbonyl (C=O) groups excluding carboxylic acids is 3. The van der Waals surface area contributed by atoms with Gasteiger partial charge in [-0.25, -0.2) is 0 Å². The molecule has 0 saturated carbocycles. The van der Waals surface area contributed by atoms with Crippen molar-refractivity contribution in [2.75, 3.05) is 19.7 Å². The van der Waals surface area contributed by atoms with Crippen molar-refractivity contribution < 1.29 is 23.9 Å². The van der Waals surface area contributed by atoms with Gasteiger partial charge >= 0.3 is 0 Å². The van der Waals surface area contributed by atoms with Crippen LogP contribution in [0.4, 0.5) is 4.79 Å². The Kier molecular flexibility index (Phi) is 9.03. The normalized spacial score (nSPS) is 15.4. The fourth-order valence-corrected chi connectivity index (χ4v) is 6.64. The number of hydrogen-bond donors (Lipinski definition) is 0. The predicted molar refractivity (Wildman–Crippen MR) is 178 cm³/mol. The van der Waals surface area contributed by atoms with Gasteiger partial charge in [-0.15, -0.1) is 6.58 Å². The number of rotatable bonds is 10. The molecule has 0 radical (unpaired) electrons. The Hall–Kier alpha value is -4.82. The van der Waals surface area contributed by atoms with E-state index >= 15 is 0 Å². The summed E-state index contributed by atoms with van der Waals surface area (Å²) in [6.07, 6.45) is 4.73. The van der Waals surface area contributed by atoms with Gasteiger partial charge < -0.3 is 14.4 Å². The topological polar surface area (TPSA) is 76.2 Å². The number of nitrogens with zero attached hydrogens (tertiary/aromatic N) is 2. The molecule has 0 aliphatic carbocycles. The standard InChI is InChI=1S/C37H34N2O5S/c1-3-10-28-19-25(20-32(43-4-2)35(28)44-24-30-15-9-14-27-12-7-8-16-31(27)30)21-33-36(41)39(37(42)45-33)23-34(40)38-18-17-26-11-5-6-13-29(26)22-38/h3,5-9,11-16,19-21H,1,4,10,17-18,22-24H2,2H3/b33-21-. The number of allylic oxidation sites excluding steroid dienone is 1. The fourth-order valence-electron chi connectivity index (χ4n) is 5.80. The van der Waals surface area contributed by atoms with Crippen LogP contribution in [0.3, 0.4) is 0 Å². The molecule has 1 saturated heterocycles. The van der Waals surface area contributed by atoms with E-state index in [-0.39, 0.29) is 17.4 Å². The van der Waals surface area contributed by atoms with Gasteiger partial charge in [-0.3, -0.25) is 19.3 Å². The maximum atomic E-state index is 13.4. The molecule has 1 fully saturated rings. The highest BCUT2D eigenvalue weighted by Crippen LogP contribution is 2.38. The summed E-state index contributed by atoms with van der Waals surface area (Å²) >= 11 is 0.841. The lowest BCUT2D eigenvalue weighted by Gasteiger charge is -2.29. The summed E-state index contributed by atoms with van der Waals surface area (Å²) in [5, 5.41) is 1.81. The predicted octanol–water partition coefficient (Wildman–Crippen LogP) is 7.17. The second-order valence-electron chi connectivity index (χ2n) is 11.0. The molecule has 45 heavy (non-hydrogen) atoms. The number of hydrogen-bond acceptors (Lipinski definition) is 6. The molecule has 0 bridgehead atoms. The van der Waals surface area contributed by atoms with Crippen molar-refractivity contribution in [1.82, 2.24) is 9.80 Å². The first kappa shape index (κ1) is 30.2. The van der Waals surface area contributed by atoms with Gasteiger partial charge in [0.1, 0.15) is 13.2 Å². The van der Waals surface area contributed by atoms with Crippen LogP contribution in [0.1, 0.15) is 34.7 Å². The minimum atomic E-state index is -0.477. The summed E-state index contributed by atoms with van der Waals surface area (Å²) in [4.78, 5) is 42.4. The third kappa shape index (κ3) is 6.51. The second kappa shape index (κ2) is 13.4. The Morgan fingerprint density at radius 3 is 2.56 bits per heavy atom. The maximum Gasteiger partial charge on any atom is 0.294 e. The van der Waals surface area contributed by atoms with Gasteiger partial charge in [-0.2, -0.15) is 0 Å². The zero-order valence-corrected chi connectivity index (χ0v) is 26.0. The highest BCUT2D eigenvalue weighted by molar-refractivity contribution is 8.18. The first-order valence-electron chi connectivity index (χ1n) is 15.0. The molecule has 0 atom stereocenters. The Balaban J connectivity index is 1.21. The number of imide groups is 1. The third-order valence-electron chi connectivity index (χ3n) is 8.02. The minimum Gasteiger partial charge on any atom is -0.490 e. The van der Waals surface area contributed by atoms with Gasteiger partial charge in [-0.1, -0.05) is 72.8 Å². The summed E-state index contributed by atoms with van der Waals surface area (Å²) in [5.41, 5.74) is 4.92. The first-order chi connectivity index (χ1) is 21.9. The smallest absolute Gasteiger partial charge is 0.294 e. The SMILES string of the molecule is C=CCc1cc(/C=C2\SC(=O)N(CC(=O)N3CCc4ccccc4C3)C2=O)cc(OCC)c1OCc1cccc2ccccc12. The number of benzene rings is 4. The van der Waals surface area contributed by atoms with Gasteiger partial charge in [0.05, 0.1) is 11.5 Å². The van der Waals surface area contributed by atoms with E-state index in [1.54, 1.807) is 17.1 Å². The van der Waals surface area contributed by atoms with Gasteiger partial charge in [0.15, 0.2) is 11.5 Å². The fraction of sp³-hybridized carbons (Fsp3) is 0.216. The molecule has 8 heteroatoms. The summed E-state index contributed by atoms with van der Waals surface area (Å²) < 4.78 is 12.4. The molecule has 4 aromatic carbocycles. The number of thioether (sulfide) groups is 1. The van der Waals surface area contributed by atoms with Crippen LogP contribution in [0.2, 0.25) is 0 Å². The average Bonchev–Trinajstić information content (AvgIpc) is 3.31. The Bertz CT molecular complexity index is 1830. The molecule has 6 rings (SSSR count). The molecule has 228 valence electrons. The van der Waals surface area contributed by atoms with E-state index < -0.39 is 11.1 Å². The summed E-state index contributed by atoms with van der Waals surface area (Å²) in [5.74, 6) is 0.440. The van der Waals surface area contributed by atoms with Crippen molar-refractivity contribution >= 4 is 45.7 Å². The molecule has 0 N–H and O–H groups in total. The lowest BCUT2D eigenvalue weighted by Crippen LogP contribution is -2.44. The highest BCUT2D eigenvalue weighted by Gasteiger charge is 2.37. The van der Waals surface area contributed by atoms with Crippen LogP contribution in [0.5, 0.6) is 11.5 Å². The highest BCUT2D eigenvalue weighted by atomic mass is 32.2. The Labute approximate surface area is 267 Å². The summed E-state index contributed by atoms with van der Waals surface area (Å²) in [7, 11) is 0. The van der Waals surface area contributed by atoms with Crippen LogP contribution >= 0.6 is 11.8 Å². The van der Waals surface area contributed by atoms with E-state index in [0.29, 0.717) is 49.8 Å². The molecule has 3 amide bonds. The van der Waals surface area contributed by atoms with E-state index in [4.69, 9.17) is 9.47 Å². The Morgan fingerprint density at radius 2 is 1.73 bits per heavy atom. The van der Waals surface area contributed by atoms with Crippen molar-refractivity contribution in [2.45, 2.75) is 32.9 Å². The molecule has 4 aromatic rings. The minimum absolute atomic E-state index is 0.243. The maximum absolute atomic E-state index is 13.4. The van der Waals surface area contributed by atoms with E-state index in [9.17, 15) is 14.4 Å². The zero-order chi connectivity index (χ0) is 31.3. The van der Waals surface area contributed by atoms with Crippen LogP contribution in [0.15, 0.2) is 96.4 Å². The van der Waals surface area contributed by atoms with Crippen molar-refractivity contribution in [3.05, 3.63) is 124 Å². The van der Waals surface area contributed by atoms with Gasteiger partial charge in [0.25, 0.3) is 11.1 Å². The van der Waals surface area contributed by atoms with Crippen molar-refractivity contribution in [1.29, 1.82) is 0 Å². The molecular formula is C37H34N2O5S. The van der Waals surface area contributed by atoms with Crippen LogP contribution in [-0.2, 0) is 35.6 Å². The summed E-state index contributed by atoms with van der Waals surface area (Å²) in [6.45, 7) is 7.34. The van der Waals surface area contributed by atoms with Crippen molar-refractivity contribution in [2.24, 2.45) is 0 Å². The lowest BCUT2D eigenvalue weighted by molar-refractivity contribution is -0.136. The van der Waals surface area contributed by atoms with Gasteiger partial charge in [0.2, 0.25) is 5.91 Å². The molecular weight excluding hydrogens is 584 g/mol. The average molecular weight is 619 g/mol. The second-order valence-corrected chi connectivity index (χ2v) is 12.0. The number of fused-ring (bicyclic) bond motifs is 2. The molecule has 7 nitrogen and oxygen atoms in total. The zero-order valence-electron chi connectivity index (χ0n) is 25.2. The molecule has 2 aliphatic rings. The van der Waals surface area contributed by atoms with Crippen LogP contribution in [0, 0.1) is 0 Å². The van der Waals surface area contributed by atoms with E-state index in [2.05, 4.69) is 36.9 Å². The number of ether oxygens (including phenoxy) is 2. The van der Waals surface area contributed by atoms with Crippen molar-refractivity contribution in [3.8, 4) is 11.5 Å². The Morgan fingerprint density at radius 1 is 0.956 bits per heavy atom. The van der Waals surface area contributed by atoms with E-state index in [0.717, 1.165) is 50.5 Å². The first-order valence-corrected chi connectivity index (χ1v) is 15.9. The van der Waals surface area contributed by atoms with E-state index in [1.165, 1.54) is 5.56 Å². The van der Waals surface area contributed by atoms with Crippen LogP contribution in [-0.4, -0.2) is 46.5 Å². The summed E-state index contributed by atoms with van der Waals surface area (Å²) in [6, 6.07) is 26.1.